The van der Waals surface area contributed by atoms with E-state index in [-0.39, 0.29) is 0 Å². The minimum absolute atomic E-state index is 0.403. The first-order valence-corrected chi connectivity index (χ1v) is 7.64. The number of benzene rings is 1. The summed E-state index contributed by atoms with van der Waals surface area (Å²) in [5.74, 6) is 1.78. The van der Waals surface area contributed by atoms with Crippen LogP contribution in [-0.2, 0) is 0 Å². The van der Waals surface area contributed by atoms with E-state index in [0.29, 0.717) is 6.04 Å². The summed E-state index contributed by atoms with van der Waals surface area (Å²) in [5, 5.41) is 3.59. The fourth-order valence-electron chi connectivity index (χ4n) is 2.23. The summed E-state index contributed by atoms with van der Waals surface area (Å²) in [5.41, 5.74) is 1.30. The molecule has 1 atom stereocenters. The molecule has 0 amide bonds. The third kappa shape index (κ3) is 5.65. The van der Waals surface area contributed by atoms with Gasteiger partial charge in [-0.15, -0.1) is 0 Å². The van der Waals surface area contributed by atoms with Crippen molar-refractivity contribution < 1.29 is 4.74 Å². The van der Waals surface area contributed by atoms with Gasteiger partial charge in [0.15, 0.2) is 0 Å². The average Bonchev–Trinajstić information content (AvgIpc) is 2.41. The van der Waals surface area contributed by atoms with Crippen LogP contribution in [-0.4, -0.2) is 13.2 Å². The molecule has 1 N–H and O–H groups in total. The van der Waals surface area contributed by atoms with E-state index in [1.807, 2.05) is 0 Å². The van der Waals surface area contributed by atoms with Crippen LogP contribution in [0.3, 0.4) is 0 Å². The van der Waals surface area contributed by atoms with Crippen LogP contribution < -0.4 is 10.1 Å². The zero-order chi connectivity index (χ0) is 14.1. The molecular weight excluding hydrogens is 234 g/mol. The van der Waals surface area contributed by atoms with E-state index < -0.39 is 0 Å². The summed E-state index contributed by atoms with van der Waals surface area (Å²) in [7, 11) is 0. The molecule has 0 aliphatic rings. The second-order valence-electron chi connectivity index (χ2n) is 5.47. The molecule has 0 saturated heterocycles. The lowest BCUT2D eigenvalue weighted by molar-refractivity contribution is 0.308. The van der Waals surface area contributed by atoms with Gasteiger partial charge in [-0.2, -0.15) is 0 Å². The standard InChI is InChI=1S/C17H29NO/c1-5-13-19-17-10-8-7-9-15(17)16(18-6-2)12-11-14(3)4/h7-10,14,16,18H,5-6,11-13H2,1-4H3. The van der Waals surface area contributed by atoms with Crippen molar-refractivity contribution in [3.8, 4) is 5.75 Å². The lowest BCUT2D eigenvalue weighted by Gasteiger charge is -2.22. The van der Waals surface area contributed by atoms with Crippen molar-refractivity contribution in [1.82, 2.24) is 5.32 Å². The maximum atomic E-state index is 5.88. The maximum Gasteiger partial charge on any atom is 0.124 e. The van der Waals surface area contributed by atoms with E-state index in [1.54, 1.807) is 0 Å². The molecule has 0 aliphatic heterocycles. The quantitative estimate of drug-likeness (QED) is 0.705. The van der Waals surface area contributed by atoms with Gasteiger partial charge < -0.3 is 10.1 Å². The molecule has 0 saturated carbocycles. The van der Waals surface area contributed by atoms with E-state index in [1.165, 1.54) is 12.0 Å². The Morgan fingerprint density at radius 1 is 1.11 bits per heavy atom. The van der Waals surface area contributed by atoms with Gasteiger partial charge in [-0.05, 0) is 37.8 Å². The SMILES string of the molecule is CCCOc1ccccc1C(CCC(C)C)NCC. The van der Waals surface area contributed by atoms with Crippen LogP contribution in [0.1, 0.15) is 58.6 Å². The van der Waals surface area contributed by atoms with Crippen molar-refractivity contribution in [3.05, 3.63) is 29.8 Å². The lowest BCUT2D eigenvalue weighted by Crippen LogP contribution is -2.22. The first-order chi connectivity index (χ1) is 9.19. The van der Waals surface area contributed by atoms with Gasteiger partial charge in [0.25, 0.3) is 0 Å². The molecule has 1 aromatic carbocycles. The minimum atomic E-state index is 0.403. The summed E-state index contributed by atoms with van der Waals surface area (Å²) in [6, 6.07) is 8.84. The van der Waals surface area contributed by atoms with Gasteiger partial charge in [-0.25, -0.2) is 0 Å². The molecule has 0 aliphatic carbocycles. The Balaban J connectivity index is 2.81. The summed E-state index contributed by atoms with van der Waals surface area (Å²) in [4.78, 5) is 0. The second-order valence-corrected chi connectivity index (χ2v) is 5.47. The normalized spacial score (nSPS) is 12.7. The molecule has 108 valence electrons. The van der Waals surface area contributed by atoms with Crippen LogP contribution in [0.15, 0.2) is 24.3 Å². The molecule has 2 heteroatoms. The van der Waals surface area contributed by atoms with Gasteiger partial charge in [-0.1, -0.05) is 45.9 Å². The summed E-state index contributed by atoms with van der Waals surface area (Å²) >= 11 is 0. The van der Waals surface area contributed by atoms with E-state index in [9.17, 15) is 0 Å². The fourth-order valence-corrected chi connectivity index (χ4v) is 2.23. The monoisotopic (exact) mass is 263 g/mol. The zero-order valence-corrected chi connectivity index (χ0v) is 12.9. The van der Waals surface area contributed by atoms with Crippen molar-refractivity contribution >= 4 is 0 Å². The Morgan fingerprint density at radius 3 is 2.47 bits per heavy atom. The molecule has 1 rings (SSSR count). The molecule has 2 nitrogen and oxygen atoms in total. The summed E-state index contributed by atoms with van der Waals surface area (Å²) in [6.07, 6.45) is 3.45. The molecule has 0 fully saturated rings. The number of ether oxygens (including phenoxy) is 1. The molecule has 0 aromatic heterocycles. The number of nitrogens with one attached hydrogen (secondary N) is 1. The van der Waals surface area contributed by atoms with Gasteiger partial charge in [0.1, 0.15) is 5.75 Å². The molecule has 0 bridgehead atoms. The van der Waals surface area contributed by atoms with Crippen LogP contribution in [0.4, 0.5) is 0 Å². The largest absolute Gasteiger partial charge is 0.493 e. The molecule has 19 heavy (non-hydrogen) atoms. The maximum absolute atomic E-state index is 5.88. The smallest absolute Gasteiger partial charge is 0.124 e. The topological polar surface area (TPSA) is 21.3 Å². The van der Waals surface area contributed by atoms with Gasteiger partial charge in [0.05, 0.1) is 6.61 Å². The number of rotatable bonds is 9. The third-order valence-corrected chi connectivity index (χ3v) is 3.24. The highest BCUT2D eigenvalue weighted by molar-refractivity contribution is 5.36. The van der Waals surface area contributed by atoms with Crippen molar-refractivity contribution in [2.24, 2.45) is 5.92 Å². The first-order valence-electron chi connectivity index (χ1n) is 7.64. The molecule has 0 radical (unpaired) electrons. The number of para-hydroxylation sites is 1. The van der Waals surface area contributed by atoms with Crippen molar-refractivity contribution in [2.45, 2.75) is 53.0 Å². The van der Waals surface area contributed by atoms with Gasteiger partial charge in [0.2, 0.25) is 0 Å². The fraction of sp³-hybridized carbons (Fsp3) is 0.647. The zero-order valence-electron chi connectivity index (χ0n) is 12.9. The van der Waals surface area contributed by atoms with Crippen LogP contribution in [0.2, 0.25) is 0 Å². The Morgan fingerprint density at radius 2 is 1.84 bits per heavy atom. The molecule has 0 heterocycles. The highest BCUT2D eigenvalue weighted by Gasteiger charge is 2.15. The third-order valence-electron chi connectivity index (χ3n) is 3.24. The number of hydrogen-bond donors (Lipinski definition) is 1. The van der Waals surface area contributed by atoms with Crippen molar-refractivity contribution in [2.75, 3.05) is 13.2 Å². The predicted octanol–water partition coefficient (Wildman–Crippen LogP) is 4.56. The Hall–Kier alpha value is -1.02. The number of hydrogen-bond acceptors (Lipinski definition) is 2. The highest BCUT2D eigenvalue weighted by atomic mass is 16.5. The highest BCUT2D eigenvalue weighted by Crippen LogP contribution is 2.29. The summed E-state index contributed by atoms with van der Waals surface area (Å²) < 4.78 is 5.88. The van der Waals surface area contributed by atoms with E-state index in [2.05, 4.69) is 57.3 Å². The summed E-state index contributed by atoms with van der Waals surface area (Å²) in [6.45, 7) is 10.6. The Bertz CT molecular complexity index is 349. The Labute approximate surface area is 118 Å². The van der Waals surface area contributed by atoms with Gasteiger partial charge in [0, 0.05) is 11.6 Å². The van der Waals surface area contributed by atoms with Gasteiger partial charge >= 0.3 is 0 Å². The molecule has 1 unspecified atom stereocenters. The molecule has 0 spiro atoms. The average molecular weight is 263 g/mol. The molecule has 1 aromatic rings. The van der Waals surface area contributed by atoms with Crippen LogP contribution in [0, 0.1) is 5.92 Å². The van der Waals surface area contributed by atoms with Crippen molar-refractivity contribution in [1.29, 1.82) is 0 Å². The minimum Gasteiger partial charge on any atom is -0.493 e. The first kappa shape index (κ1) is 16.0. The van der Waals surface area contributed by atoms with Crippen LogP contribution in [0.25, 0.3) is 0 Å². The lowest BCUT2D eigenvalue weighted by atomic mass is 9.97. The van der Waals surface area contributed by atoms with E-state index in [0.717, 1.165) is 37.7 Å². The van der Waals surface area contributed by atoms with Crippen molar-refractivity contribution in [3.63, 3.8) is 0 Å². The van der Waals surface area contributed by atoms with E-state index in [4.69, 9.17) is 4.74 Å². The molecular formula is C17H29NO. The second kappa shape index (κ2) is 8.98. The van der Waals surface area contributed by atoms with Gasteiger partial charge in [-0.3, -0.25) is 0 Å². The van der Waals surface area contributed by atoms with Crippen LogP contribution >= 0.6 is 0 Å². The predicted molar refractivity (Wildman–Crippen MR) is 82.7 cm³/mol. The van der Waals surface area contributed by atoms with E-state index >= 15 is 0 Å². The van der Waals surface area contributed by atoms with Crippen LogP contribution in [0.5, 0.6) is 5.75 Å². The Kier molecular flexibility index (Phi) is 7.57.